The SMILES string of the molecule is O=C(Nc1ccc(C23CC4CC(CC(C4)C2)C3)cc1)[C@H]1CCCN(S(=O)(=O)Cc2ccc(Cl)cc2Cl)C1. The van der Waals surface area contributed by atoms with Gasteiger partial charge in [-0.2, -0.15) is 0 Å². The molecular weight excluding hydrogens is 527 g/mol. The van der Waals surface area contributed by atoms with Crippen LogP contribution in [0.3, 0.4) is 0 Å². The third-order valence-corrected chi connectivity index (χ3v) is 11.7. The molecule has 2 aromatic carbocycles. The maximum Gasteiger partial charge on any atom is 0.228 e. The highest BCUT2D eigenvalue weighted by Crippen LogP contribution is 2.60. The van der Waals surface area contributed by atoms with Gasteiger partial charge >= 0.3 is 0 Å². The van der Waals surface area contributed by atoms with Gasteiger partial charge in [-0.15, -0.1) is 0 Å². The molecule has 1 atom stereocenters. The number of halogens is 2. The van der Waals surface area contributed by atoms with Gasteiger partial charge in [-0.3, -0.25) is 4.79 Å². The fraction of sp³-hybridized carbons (Fsp3) is 0.552. The quantitative estimate of drug-likeness (QED) is 0.430. The van der Waals surface area contributed by atoms with Crippen LogP contribution in [0.15, 0.2) is 42.5 Å². The molecule has 0 radical (unpaired) electrons. The van der Waals surface area contributed by atoms with E-state index in [4.69, 9.17) is 23.2 Å². The largest absolute Gasteiger partial charge is 0.326 e. The lowest BCUT2D eigenvalue weighted by atomic mass is 9.48. The topological polar surface area (TPSA) is 66.5 Å². The molecule has 1 heterocycles. The Kier molecular flexibility index (Phi) is 6.84. The van der Waals surface area contributed by atoms with Crippen LogP contribution in [-0.4, -0.2) is 31.7 Å². The Morgan fingerprint density at radius 2 is 1.62 bits per heavy atom. The van der Waals surface area contributed by atoms with E-state index in [1.807, 2.05) is 12.1 Å². The summed E-state index contributed by atoms with van der Waals surface area (Å²) in [5, 5.41) is 3.85. The van der Waals surface area contributed by atoms with Crippen molar-refractivity contribution >= 4 is 44.8 Å². The molecule has 37 heavy (non-hydrogen) atoms. The van der Waals surface area contributed by atoms with E-state index in [9.17, 15) is 13.2 Å². The minimum absolute atomic E-state index is 0.119. The number of rotatable bonds is 6. The normalized spacial score (nSPS) is 31.4. The van der Waals surface area contributed by atoms with Crippen LogP contribution in [-0.2, 0) is 26.0 Å². The van der Waals surface area contributed by atoms with Crippen molar-refractivity contribution in [3.05, 3.63) is 63.6 Å². The Morgan fingerprint density at radius 3 is 2.24 bits per heavy atom. The molecule has 0 spiro atoms. The third kappa shape index (κ3) is 5.19. The van der Waals surface area contributed by atoms with Crippen molar-refractivity contribution in [3.63, 3.8) is 0 Å². The van der Waals surface area contributed by atoms with Gasteiger partial charge in [0.05, 0.1) is 11.7 Å². The lowest BCUT2D eigenvalue weighted by Gasteiger charge is -2.57. The summed E-state index contributed by atoms with van der Waals surface area (Å²) >= 11 is 12.2. The van der Waals surface area contributed by atoms with Gasteiger partial charge in [-0.1, -0.05) is 41.4 Å². The van der Waals surface area contributed by atoms with Crippen molar-refractivity contribution < 1.29 is 13.2 Å². The predicted octanol–water partition coefficient (Wildman–Crippen LogP) is 6.64. The van der Waals surface area contributed by atoms with Gasteiger partial charge in [0, 0.05) is 28.8 Å². The molecule has 5 nitrogen and oxygen atoms in total. The third-order valence-electron chi connectivity index (χ3n) is 9.30. The monoisotopic (exact) mass is 560 g/mol. The lowest BCUT2D eigenvalue weighted by Crippen LogP contribution is -2.48. The fourth-order valence-electron chi connectivity index (χ4n) is 7.95. The number of nitrogens with zero attached hydrogens (tertiary/aromatic N) is 1. The van der Waals surface area contributed by atoms with Crippen LogP contribution in [0.2, 0.25) is 10.0 Å². The first kappa shape index (κ1) is 25.7. The van der Waals surface area contributed by atoms with Gasteiger partial charge in [-0.05, 0) is 110 Å². The van der Waals surface area contributed by atoms with E-state index >= 15 is 0 Å². The second-order valence-corrected chi connectivity index (χ2v) is 14.8. The molecule has 1 N–H and O–H groups in total. The van der Waals surface area contributed by atoms with Gasteiger partial charge in [0.15, 0.2) is 0 Å². The van der Waals surface area contributed by atoms with Crippen LogP contribution in [0.4, 0.5) is 5.69 Å². The Balaban J connectivity index is 1.09. The van der Waals surface area contributed by atoms with E-state index in [0.29, 0.717) is 40.4 Å². The molecule has 1 saturated heterocycles. The predicted molar refractivity (Wildman–Crippen MR) is 148 cm³/mol. The minimum Gasteiger partial charge on any atom is -0.326 e. The zero-order valence-electron chi connectivity index (χ0n) is 21.0. The van der Waals surface area contributed by atoms with Crippen LogP contribution in [0.5, 0.6) is 0 Å². The second kappa shape index (κ2) is 9.86. The number of nitrogens with one attached hydrogen (secondary N) is 1. The summed E-state index contributed by atoms with van der Waals surface area (Å²) in [5.41, 5.74) is 3.06. The Labute approximate surface area is 230 Å². The molecule has 1 amide bonds. The number of anilines is 1. The van der Waals surface area contributed by atoms with Gasteiger partial charge in [0.25, 0.3) is 0 Å². The zero-order valence-corrected chi connectivity index (χ0v) is 23.3. The molecule has 0 unspecified atom stereocenters. The maximum atomic E-state index is 13.1. The molecule has 2 aromatic rings. The first-order valence-electron chi connectivity index (χ1n) is 13.5. The van der Waals surface area contributed by atoms with E-state index in [1.165, 1.54) is 48.4 Å². The van der Waals surface area contributed by atoms with E-state index in [-0.39, 0.29) is 24.1 Å². The van der Waals surface area contributed by atoms with E-state index in [2.05, 4.69) is 17.4 Å². The number of carbonyl (C=O) groups excluding carboxylic acids is 1. The molecule has 4 aliphatic carbocycles. The molecule has 8 heteroatoms. The number of carbonyl (C=O) groups is 1. The summed E-state index contributed by atoms with van der Waals surface area (Å²) in [7, 11) is -3.61. The number of benzene rings is 2. The average molecular weight is 562 g/mol. The number of hydrogen-bond acceptors (Lipinski definition) is 3. The molecule has 7 rings (SSSR count). The molecule has 4 bridgehead atoms. The molecule has 198 valence electrons. The van der Waals surface area contributed by atoms with Gasteiger partial charge in [-0.25, -0.2) is 12.7 Å². The lowest BCUT2D eigenvalue weighted by molar-refractivity contribution is -0.120. The fourth-order valence-corrected chi connectivity index (χ4v) is 10.1. The van der Waals surface area contributed by atoms with Crippen molar-refractivity contribution in [2.75, 3.05) is 18.4 Å². The standard InChI is InChI=1S/C29H34Cl2N2O3S/c30-25-6-3-23(27(31)13-25)18-37(35,36)33-9-1-2-22(17-33)28(34)32-26-7-4-24(5-8-26)29-14-19-10-20(15-29)12-21(11-19)16-29/h3-8,13,19-22H,1-2,9-12,14-18H2,(H,32,34)/t19?,20?,21?,22-,29?/m0/s1. The second-order valence-electron chi connectivity index (χ2n) is 12.0. The summed E-state index contributed by atoms with van der Waals surface area (Å²) in [6, 6.07) is 13.3. The average Bonchev–Trinajstić information content (AvgIpc) is 2.85. The van der Waals surface area contributed by atoms with Crippen molar-refractivity contribution in [1.82, 2.24) is 4.31 Å². The summed E-state index contributed by atoms with van der Waals surface area (Å²) in [5.74, 6) is 1.98. The van der Waals surface area contributed by atoms with E-state index in [0.717, 1.165) is 23.4 Å². The maximum absolute atomic E-state index is 13.1. The van der Waals surface area contributed by atoms with Gasteiger partial charge in [0.1, 0.15) is 0 Å². The molecule has 0 aromatic heterocycles. The van der Waals surface area contributed by atoms with E-state index < -0.39 is 10.0 Å². The minimum atomic E-state index is -3.61. The van der Waals surface area contributed by atoms with Crippen molar-refractivity contribution in [2.45, 2.75) is 62.5 Å². The Hall–Kier alpha value is -1.60. The smallest absolute Gasteiger partial charge is 0.228 e. The summed E-state index contributed by atoms with van der Waals surface area (Å²) < 4.78 is 27.7. The summed E-state index contributed by atoms with van der Waals surface area (Å²) in [4.78, 5) is 13.1. The number of amides is 1. The molecule has 5 fully saturated rings. The van der Waals surface area contributed by atoms with Crippen LogP contribution >= 0.6 is 23.2 Å². The molecular formula is C29H34Cl2N2O3S. The summed E-state index contributed by atoms with van der Waals surface area (Å²) in [6.07, 6.45) is 9.55. The Bertz CT molecular complexity index is 1260. The van der Waals surface area contributed by atoms with Crippen LogP contribution < -0.4 is 5.32 Å². The number of piperidine rings is 1. The molecule has 4 saturated carbocycles. The highest BCUT2D eigenvalue weighted by molar-refractivity contribution is 7.88. The highest BCUT2D eigenvalue weighted by Gasteiger charge is 2.51. The van der Waals surface area contributed by atoms with Crippen molar-refractivity contribution in [3.8, 4) is 0 Å². The highest BCUT2D eigenvalue weighted by atomic mass is 35.5. The molecule has 1 aliphatic heterocycles. The number of hydrogen-bond donors (Lipinski definition) is 1. The first-order valence-corrected chi connectivity index (χ1v) is 15.9. The first-order chi connectivity index (χ1) is 17.7. The van der Waals surface area contributed by atoms with Crippen LogP contribution in [0.1, 0.15) is 62.5 Å². The van der Waals surface area contributed by atoms with Gasteiger partial charge < -0.3 is 5.32 Å². The molecule has 5 aliphatic rings. The van der Waals surface area contributed by atoms with Crippen molar-refractivity contribution in [2.24, 2.45) is 23.7 Å². The zero-order chi connectivity index (χ0) is 25.8. The van der Waals surface area contributed by atoms with Crippen LogP contribution in [0.25, 0.3) is 0 Å². The van der Waals surface area contributed by atoms with Gasteiger partial charge in [0.2, 0.25) is 15.9 Å². The number of sulfonamides is 1. The Morgan fingerprint density at radius 1 is 0.973 bits per heavy atom. The summed E-state index contributed by atoms with van der Waals surface area (Å²) in [6.45, 7) is 0.599. The van der Waals surface area contributed by atoms with Crippen molar-refractivity contribution in [1.29, 1.82) is 0 Å². The van der Waals surface area contributed by atoms with E-state index in [1.54, 1.807) is 18.2 Å². The van der Waals surface area contributed by atoms with Crippen LogP contribution in [0, 0.1) is 23.7 Å².